The molecule has 0 aliphatic rings. The number of hydrogen-bond acceptors (Lipinski definition) is 3. The topological polar surface area (TPSA) is 49.7 Å². The Hall–Kier alpha value is -1.49. The van der Waals surface area contributed by atoms with E-state index < -0.39 is 7.12 Å². The molecule has 0 fully saturated rings. The Balaban J connectivity index is 2.09. The van der Waals surface area contributed by atoms with Gasteiger partial charge in [-0.15, -0.1) is 0 Å². The molecule has 3 nitrogen and oxygen atoms in total. The van der Waals surface area contributed by atoms with Crippen LogP contribution in [0.4, 0.5) is 0 Å². The number of rotatable bonds is 4. The fourth-order valence-corrected chi connectivity index (χ4v) is 2.25. The van der Waals surface area contributed by atoms with Crippen LogP contribution >= 0.6 is 11.6 Å². The zero-order valence-corrected chi connectivity index (χ0v) is 12.2. The standard InChI is InChI=1S/C15H16BClO3/c1-10-3-4-12(15(17)7-10)9-20-13-5-6-14(16(18)19)11(2)8-13/h3-8,18-19H,9H2,1-2H3. The van der Waals surface area contributed by atoms with Gasteiger partial charge in [0, 0.05) is 10.6 Å². The molecule has 0 aliphatic heterocycles. The van der Waals surface area contributed by atoms with Gasteiger partial charge in [0.2, 0.25) is 0 Å². The highest BCUT2D eigenvalue weighted by Gasteiger charge is 2.14. The van der Waals surface area contributed by atoms with E-state index in [-0.39, 0.29) is 0 Å². The minimum absolute atomic E-state index is 0.375. The van der Waals surface area contributed by atoms with E-state index in [2.05, 4.69) is 0 Å². The van der Waals surface area contributed by atoms with Crippen LogP contribution in [0.15, 0.2) is 36.4 Å². The summed E-state index contributed by atoms with van der Waals surface area (Å²) in [5.74, 6) is 0.670. The number of aryl methyl sites for hydroxylation is 2. The van der Waals surface area contributed by atoms with Crippen LogP contribution in [0.1, 0.15) is 16.7 Å². The highest BCUT2D eigenvalue weighted by Crippen LogP contribution is 2.20. The van der Waals surface area contributed by atoms with Crippen molar-refractivity contribution in [3.63, 3.8) is 0 Å². The van der Waals surface area contributed by atoms with Gasteiger partial charge in [-0.2, -0.15) is 0 Å². The van der Waals surface area contributed by atoms with Crippen LogP contribution in [-0.4, -0.2) is 17.2 Å². The van der Waals surface area contributed by atoms with Crippen LogP contribution in [0.25, 0.3) is 0 Å². The third-order valence-corrected chi connectivity index (χ3v) is 3.47. The molecule has 5 heteroatoms. The summed E-state index contributed by atoms with van der Waals surface area (Å²) in [6.45, 7) is 4.17. The Morgan fingerprint density at radius 2 is 1.85 bits per heavy atom. The van der Waals surface area contributed by atoms with Gasteiger partial charge in [-0.3, -0.25) is 0 Å². The van der Waals surface area contributed by atoms with Gasteiger partial charge in [0.05, 0.1) is 0 Å². The molecule has 0 amide bonds. The molecule has 0 heterocycles. The van der Waals surface area contributed by atoms with Crippen molar-refractivity contribution in [1.29, 1.82) is 0 Å². The van der Waals surface area contributed by atoms with E-state index in [1.165, 1.54) is 0 Å². The van der Waals surface area contributed by atoms with Crippen LogP contribution in [0.3, 0.4) is 0 Å². The Kier molecular flexibility index (Phi) is 4.71. The second kappa shape index (κ2) is 6.31. The van der Waals surface area contributed by atoms with Crippen LogP contribution in [-0.2, 0) is 6.61 Å². The van der Waals surface area contributed by atoms with Crippen molar-refractivity contribution in [2.24, 2.45) is 0 Å². The number of halogens is 1. The predicted octanol–water partition coefficient (Wildman–Crippen LogP) is 2.22. The third kappa shape index (κ3) is 3.54. The molecule has 0 spiro atoms. The summed E-state index contributed by atoms with van der Waals surface area (Å²) in [4.78, 5) is 0. The van der Waals surface area contributed by atoms with E-state index >= 15 is 0 Å². The largest absolute Gasteiger partial charge is 0.489 e. The summed E-state index contributed by atoms with van der Waals surface area (Å²) in [5.41, 5.74) is 3.27. The first kappa shape index (κ1) is 14.9. The number of hydrogen-bond donors (Lipinski definition) is 2. The summed E-state index contributed by atoms with van der Waals surface area (Å²) < 4.78 is 5.68. The van der Waals surface area contributed by atoms with Crippen LogP contribution in [0.2, 0.25) is 5.02 Å². The van der Waals surface area contributed by atoms with E-state index in [0.717, 1.165) is 16.7 Å². The quantitative estimate of drug-likeness (QED) is 0.849. The van der Waals surface area contributed by atoms with E-state index in [1.54, 1.807) is 25.1 Å². The molecule has 0 unspecified atom stereocenters. The van der Waals surface area contributed by atoms with Gasteiger partial charge in [-0.1, -0.05) is 29.8 Å². The van der Waals surface area contributed by atoms with E-state index in [9.17, 15) is 0 Å². The van der Waals surface area contributed by atoms with Crippen molar-refractivity contribution in [2.75, 3.05) is 0 Å². The Bertz CT molecular complexity index is 614. The van der Waals surface area contributed by atoms with Gasteiger partial charge in [0.1, 0.15) is 12.4 Å². The van der Waals surface area contributed by atoms with Gasteiger partial charge in [0.25, 0.3) is 0 Å². The predicted molar refractivity (Wildman–Crippen MR) is 81.5 cm³/mol. The van der Waals surface area contributed by atoms with Gasteiger partial charge in [-0.25, -0.2) is 0 Å². The van der Waals surface area contributed by atoms with Crippen LogP contribution in [0.5, 0.6) is 5.75 Å². The van der Waals surface area contributed by atoms with Crippen molar-refractivity contribution in [3.8, 4) is 5.75 Å². The molecule has 0 saturated carbocycles. The van der Waals surface area contributed by atoms with Crippen molar-refractivity contribution in [1.82, 2.24) is 0 Å². The lowest BCUT2D eigenvalue weighted by Crippen LogP contribution is -2.31. The molecule has 0 radical (unpaired) electrons. The lowest BCUT2D eigenvalue weighted by atomic mass is 9.77. The van der Waals surface area contributed by atoms with Gasteiger partial charge in [0.15, 0.2) is 0 Å². The average molecular weight is 291 g/mol. The Morgan fingerprint density at radius 3 is 2.45 bits per heavy atom. The Labute approximate surface area is 123 Å². The molecule has 0 bridgehead atoms. The van der Waals surface area contributed by atoms with Crippen LogP contribution < -0.4 is 10.2 Å². The minimum Gasteiger partial charge on any atom is -0.489 e. The first-order valence-corrected chi connectivity index (χ1v) is 6.69. The normalized spacial score (nSPS) is 10.4. The average Bonchev–Trinajstić information content (AvgIpc) is 2.37. The zero-order valence-electron chi connectivity index (χ0n) is 11.4. The molecule has 0 aliphatic carbocycles. The fraction of sp³-hybridized carbons (Fsp3) is 0.200. The van der Waals surface area contributed by atoms with E-state index in [4.69, 9.17) is 26.4 Å². The van der Waals surface area contributed by atoms with E-state index in [0.29, 0.717) is 22.8 Å². The summed E-state index contributed by atoms with van der Waals surface area (Å²) in [7, 11) is -1.46. The molecule has 0 saturated heterocycles. The Morgan fingerprint density at radius 1 is 1.10 bits per heavy atom. The van der Waals surface area contributed by atoms with Crippen molar-refractivity contribution >= 4 is 24.2 Å². The molecule has 0 atom stereocenters. The first-order valence-electron chi connectivity index (χ1n) is 6.32. The molecule has 2 aromatic carbocycles. The smallest absolute Gasteiger partial charge is 0.488 e. The number of benzene rings is 2. The maximum atomic E-state index is 9.16. The first-order chi connectivity index (χ1) is 9.47. The molecular formula is C15H16BClO3. The fourth-order valence-electron chi connectivity index (χ4n) is 1.96. The minimum atomic E-state index is -1.46. The van der Waals surface area contributed by atoms with E-state index in [1.807, 2.05) is 25.1 Å². The molecule has 104 valence electrons. The highest BCUT2D eigenvalue weighted by atomic mass is 35.5. The summed E-state index contributed by atoms with van der Waals surface area (Å²) >= 11 is 6.15. The molecule has 0 aromatic heterocycles. The summed E-state index contributed by atoms with van der Waals surface area (Å²) in [6, 6.07) is 11.0. The molecule has 2 N–H and O–H groups in total. The monoisotopic (exact) mass is 290 g/mol. The third-order valence-electron chi connectivity index (χ3n) is 3.12. The zero-order chi connectivity index (χ0) is 14.7. The second-order valence-electron chi connectivity index (χ2n) is 4.78. The lowest BCUT2D eigenvalue weighted by molar-refractivity contribution is 0.306. The lowest BCUT2D eigenvalue weighted by Gasteiger charge is -2.11. The molecule has 2 aromatic rings. The summed E-state index contributed by atoms with van der Waals surface area (Å²) in [5, 5.41) is 19.0. The van der Waals surface area contributed by atoms with Gasteiger partial charge < -0.3 is 14.8 Å². The summed E-state index contributed by atoms with van der Waals surface area (Å²) in [6.07, 6.45) is 0. The maximum Gasteiger partial charge on any atom is 0.488 e. The van der Waals surface area contributed by atoms with Gasteiger partial charge >= 0.3 is 7.12 Å². The van der Waals surface area contributed by atoms with Crippen LogP contribution in [0, 0.1) is 13.8 Å². The second-order valence-corrected chi connectivity index (χ2v) is 5.18. The van der Waals surface area contributed by atoms with Crippen molar-refractivity contribution in [3.05, 3.63) is 58.1 Å². The molecule has 20 heavy (non-hydrogen) atoms. The van der Waals surface area contributed by atoms with Gasteiger partial charge in [-0.05, 0) is 48.6 Å². The van der Waals surface area contributed by atoms with Crippen molar-refractivity contribution in [2.45, 2.75) is 20.5 Å². The highest BCUT2D eigenvalue weighted by molar-refractivity contribution is 6.59. The molecular weight excluding hydrogens is 274 g/mol. The molecule has 2 rings (SSSR count). The van der Waals surface area contributed by atoms with Crippen molar-refractivity contribution < 1.29 is 14.8 Å². The number of ether oxygens (including phenoxy) is 1. The SMILES string of the molecule is Cc1ccc(COc2ccc(B(O)O)c(C)c2)c(Cl)c1. The maximum absolute atomic E-state index is 9.16.